The zero-order valence-electron chi connectivity index (χ0n) is 9.88. The van der Waals surface area contributed by atoms with E-state index in [2.05, 4.69) is 9.97 Å². The van der Waals surface area contributed by atoms with E-state index in [9.17, 15) is 9.50 Å². The maximum atomic E-state index is 13.0. The molecule has 0 aliphatic carbocycles. The molecule has 0 fully saturated rings. The Kier molecular flexibility index (Phi) is 3.84. The predicted molar refractivity (Wildman–Crippen MR) is 63.6 cm³/mol. The normalized spacial score (nSPS) is 12.2. The Morgan fingerprint density at radius 3 is 2.78 bits per heavy atom. The molecule has 0 saturated carbocycles. The third-order valence-corrected chi connectivity index (χ3v) is 2.55. The van der Waals surface area contributed by atoms with E-state index in [0.717, 1.165) is 11.8 Å². The van der Waals surface area contributed by atoms with E-state index < -0.39 is 11.9 Å². The van der Waals surface area contributed by atoms with Gasteiger partial charge in [-0.25, -0.2) is 9.37 Å². The van der Waals surface area contributed by atoms with Crippen molar-refractivity contribution in [2.45, 2.75) is 12.5 Å². The Morgan fingerprint density at radius 1 is 1.33 bits per heavy atom. The van der Waals surface area contributed by atoms with Gasteiger partial charge < -0.3 is 9.84 Å². The van der Waals surface area contributed by atoms with Crippen LogP contribution in [0, 0.1) is 5.82 Å². The topological polar surface area (TPSA) is 55.2 Å². The molecule has 0 aliphatic heterocycles. The Morgan fingerprint density at radius 2 is 2.17 bits per heavy atom. The number of methoxy groups -OCH3 is 1. The molecule has 1 unspecified atom stereocenters. The van der Waals surface area contributed by atoms with Gasteiger partial charge >= 0.3 is 0 Å². The first-order valence-corrected chi connectivity index (χ1v) is 5.46. The second-order valence-electron chi connectivity index (χ2n) is 3.87. The van der Waals surface area contributed by atoms with Gasteiger partial charge in [-0.05, 0) is 11.6 Å². The van der Waals surface area contributed by atoms with Crippen LogP contribution in [0.1, 0.15) is 17.2 Å². The summed E-state index contributed by atoms with van der Waals surface area (Å²) in [5.41, 5.74) is 1.29. The summed E-state index contributed by atoms with van der Waals surface area (Å²) in [6.45, 7) is 0. The third-order valence-electron chi connectivity index (χ3n) is 2.55. The van der Waals surface area contributed by atoms with Crippen molar-refractivity contribution in [2.24, 2.45) is 0 Å². The standard InChI is InChI=1S/C13H13FN2O2/c1-18-13-3-2-9(6-16-13)4-12(17)10-5-11(14)8-15-7-10/h2-3,5-8,12,17H,4H2,1H3. The fourth-order valence-corrected chi connectivity index (χ4v) is 1.60. The van der Waals surface area contributed by atoms with E-state index >= 15 is 0 Å². The molecular formula is C13H13FN2O2. The molecule has 94 valence electrons. The number of ether oxygens (including phenoxy) is 1. The Hall–Kier alpha value is -2.01. The first kappa shape index (κ1) is 12.4. The number of nitrogens with zero attached hydrogens (tertiary/aromatic N) is 2. The van der Waals surface area contributed by atoms with Gasteiger partial charge in [0.1, 0.15) is 5.82 Å². The van der Waals surface area contributed by atoms with Gasteiger partial charge in [0, 0.05) is 30.4 Å². The van der Waals surface area contributed by atoms with Crippen LogP contribution in [0.15, 0.2) is 36.8 Å². The zero-order valence-corrected chi connectivity index (χ0v) is 9.88. The third kappa shape index (κ3) is 3.01. The number of hydrogen-bond donors (Lipinski definition) is 1. The van der Waals surface area contributed by atoms with E-state index in [1.54, 1.807) is 12.3 Å². The lowest BCUT2D eigenvalue weighted by Crippen LogP contribution is -2.03. The van der Waals surface area contributed by atoms with E-state index in [0.29, 0.717) is 17.9 Å². The van der Waals surface area contributed by atoms with Gasteiger partial charge in [0.15, 0.2) is 0 Å². The van der Waals surface area contributed by atoms with E-state index in [-0.39, 0.29) is 0 Å². The fourth-order valence-electron chi connectivity index (χ4n) is 1.60. The summed E-state index contributed by atoms with van der Waals surface area (Å²) in [5.74, 6) is 0.0556. The van der Waals surface area contributed by atoms with Crippen molar-refractivity contribution >= 4 is 0 Å². The second kappa shape index (κ2) is 5.55. The predicted octanol–water partition coefficient (Wildman–Crippen LogP) is 1.90. The van der Waals surface area contributed by atoms with Crippen LogP contribution in [-0.2, 0) is 6.42 Å². The molecule has 0 amide bonds. The molecule has 2 aromatic rings. The summed E-state index contributed by atoms with van der Waals surface area (Å²) >= 11 is 0. The summed E-state index contributed by atoms with van der Waals surface area (Å²) in [7, 11) is 1.54. The number of aromatic nitrogens is 2. The number of halogens is 1. The second-order valence-corrected chi connectivity index (χ2v) is 3.87. The molecule has 4 nitrogen and oxygen atoms in total. The minimum absolute atomic E-state index is 0.349. The van der Waals surface area contributed by atoms with Crippen LogP contribution in [0.2, 0.25) is 0 Å². The monoisotopic (exact) mass is 248 g/mol. The van der Waals surface area contributed by atoms with Crippen molar-refractivity contribution in [3.05, 3.63) is 53.7 Å². The van der Waals surface area contributed by atoms with Crippen LogP contribution in [0.3, 0.4) is 0 Å². The molecule has 0 aromatic carbocycles. The molecule has 0 radical (unpaired) electrons. The van der Waals surface area contributed by atoms with E-state index in [4.69, 9.17) is 4.74 Å². The highest BCUT2D eigenvalue weighted by molar-refractivity contribution is 5.21. The SMILES string of the molecule is COc1ccc(CC(O)c2cncc(F)c2)cn1. The van der Waals surface area contributed by atoms with Gasteiger partial charge in [-0.15, -0.1) is 0 Å². The summed E-state index contributed by atoms with van der Waals surface area (Å²) in [5, 5.41) is 9.96. The maximum absolute atomic E-state index is 13.0. The number of rotatable bonds is 4. The number of hydrogen-bond acceptors (Lipinski definition) is 4. The smallest absolute Gasteiger partial charge is 0.212 e. The lowest BCUT2D eigenvalue weighted by Gasteiger charge is -2.10. The van der Waals surface area contributed by atoms with Crippen LogP contribution in [0.4, 0.5) is 4.39 Å². The van der Waals surface area contributed by atoms with Crippen molar-refractivity contribution in [1.82, 2.24) is 9.97 Å². The fraction of sp³-hybridized carbons (Fsp3) is 0.231. The number of aliphatic hydroxyl groups is 1. The van der Waals surface area contributed by atoms with Gasteiger partial charge in [0.2, 0.25) is 5.88 Å². The highest BCUT2D eigenvalue weighted by atomic mass is 19.1. The Balaban J connectivity index is 2.08. The van der Waals surface area contributed by atoms with Gasteiger partial charge in [0.05, 0.1) is 19.4 Å². The van der Waals surface area contributed by atoms with Gasteiger partial charge in [-0.3, -0.25) is 4.98 Å². The minimum atomic E-state index is -0.802. The minimum Gasteiger partial charge on any atom is -0.481 e. The van der Waals surface area contributed by atoms with Crippen molar-refractivity contribution in [1.29, 1.82) is 0 Å². The molecule has 5 heteroatoms. The first-order chi connectivity index (χ1) is 8.69. The lowest BCUT2D eigenvalue weighted by molar-refractivity contribution is 0.177. The largest absolute Gasteiger partial charge is 0.481 e. The summed E-state index contributed by atoms with van der Waals surface area (Å²) in [6.07, 6.45) is 3.72. The Labute approximate surface area is 104 Å². The van der Waals surface area contributed by atoms with Crippen LogP contribution < -0.4 is 4.74 Å². The average Bonchev–Trinajstić information content (AvgIpc) is 2.39. The first-order valence-electron chi connectivity index (χ1n) is 5.46. The molecule has 0 spiro atoms. The molecule has 0 saturated heterocycles. The summed E-state index contributed by atoms with van der Waals surface area (Å²) in [6, 6.07) is 4.79. The molecule has 18 heavy (non-hydrogen) atoms. The molecule has 2 rings (SSSR count). The molecule has 1 atom stereocenters. The van der Waals surface area contributed by atoms with Gasteiger partial charge in [-0.2, -0.15) is 0 Å². The lowest BCUT2D eigenvalue weighted by atomic mass is 10.0. The molecular weight excluding hydrogens is 235 g/mol. The maximum Gasteiger partial charge on any atom is 0.212 e. The van der Waals surface area contributed by atoms with Crippen LogP contribution in [-0.4, -0.2) is 22.2 Å². The highest BCUT2D eigenvalue weighted by Crippen LogP contribution is 2.18. The summed E-state index contributed by atoms with van der Waals surface area (Å²) in [4.78, 5) is 7.74. The van der Waals surface area contributed by atoms with Crippen molar-refractivity contribution in [2.75, 3.05) is 7.11 Å². The zero-order chi connectivity index (χ0) is 13.0. The van der Waals surface area contributed by atoms with E-state index in [1.807, 2.05) is 6.07 Å². The van der Waals surface area contributed by atoms with Crippen LogP contribution in [0.5, 0.6) is 5.88 Å². The molecule has 2 aromatic heterocycles. The Bertz CT molecular complexity index is 517. The summed E-state index contributed by atoms with van der Waals surface area (Å²) < 4.78 is 17.9. The molecule has 0 bridgehead atoms. The molecule has 1 N–H and O–H groups in total. The molecule has 0 aliphatic rings. The van der Waals surface area contributed by atoms with Crippen LogP contribution >= 0.6 is 0 Å². The average molecular weight is 248 g/mol. The van der Waals surface area contributed by atoms with Crippen molar-refractivity contribution in [3.8, 4) is 5.88 Å². The number of aliphatic hydroxyl groups excluding tert-OH is 1. The highest BCUT2D eigenvalue weighted by Gasteiger charge is 2.10. The van der Waals surface area contributed by atoms with E-state index in [1.165, 1.54) is 19.4 Å². The van der Waals surface area contributed by atoms with Gasteiger partial charge in [-0.1, -0.05) is 6.07 Å². The van der Waals surface area contributed by atoms with Crippen LogP contribution in [0.25, 0.3) is 0 Å². The number of pyridine rings is 2. The van der Waals surface area contributed by atoms with Gasteiger partial charge in [0.25, 0.3) is 0 Å². The van der Waals surface area contributed by atoms with Crippen molar-refractivity contribution in [3.63, 3.8) is 0 Å². The quantitative estimate of drug-likeness (QED) is 0.897. The molecule has 2 heterocycles. The van der Waals surface area contributed by atoms with Crippen molar-refractivity contribution < 1.29 is 14.2 Å².